The fourth-order valence-electron chi connectivity index (χ4n) is 2.80. The van der Waals surface area contributed by atoms with Gasteiger partial charge in [0.05, 0.1) is 4.70 Å². The molecule has 0 radical (unpaired) electrons. The molecule has 2 heterocycles. The molecule has 138 valence electrons. The number of aromatic nitrogens is 2. The lowest BCUT2D eigenvalue weighted by Gasteiger charge is -2.06. The van der Waals surface area contributed by atoms with E-state index < -0.39 is 0 Å². The third-order valence-corrected chi connectivity index (χ3v) is 5.16. The highest BCUT2D eigenvalue weighted by atomic mass is 32.1. The molecule has 0 saturated carbocycles. The van der Waals surface area contributed by atoms with E-state index in [2.05, 4.69) is 40.4 Å². The Kier molecular flexibility index (Phi) is 6.97. The van der Waals surface area contributed by atoms with Crippen molar-refractivity contribution in [3.05, 3.63) is 47.7 Å². The number of thiazole rings is 1. The highest BCUT2D eigenvalue weighted by Gasteiger charge is 2.07. The van der Waals surface area contributed by atoms with E-state index in [0.717, 1.165) is 41.2 Å². The summed E-state index contributed by atoms with van der Waals surface area (Å²) >= 11 is 1.53. The van der Waals surface area contributed by atoms with E-state index in [1.54, 1.807) is 0 Å². The monoisotopic (exact) mass is 369 g/mol. The molecule has 5 heteroatoms. The zero-order chi connectivity index (χ0) is 18.2. The van der Waals surface area contributed by atoms with Crippen LogP contribution in [0, 0.1) is 6.92 Å². The Bertz CT molecular complexity index is 814. The lowest BCUT2D eigenvalue weighted by atomic mass is 10.1. The highest BCUT2D eigenvalue weighted by molar-refractivity contribution is 7.20. The van der Waals surface area contributed by atoms with Crippen molar-refractivity contribution in [2.45, 2.75) is 46.0 Å². The van der Waals surface area contributed by atoms with Crippen molar-refractivity contribution in [2.75, 3.05) is 13.1 Å². The molecule has 0 unspecified atom stereocenters. The predicted octanol–water partition coefficient (Wildman–Crippen LogP) is 5.50. The van der Waals surface area contributed by atoms with Crippen LogP contribution in [0.4, 0.5) is 0 Å². The minimum absolute atomic E-state index is 0.639. The fraction of sp³-hybridized carbons (Fsp3) is 0.429. The van der Waals surface area contributed by atoms with Gasteiger partial charge in [-0.2, -0.15) is 4.98 Å². The maximum absolute atomic E-state index is 5.89. The molecule has 0 aliphatic heterocycles. The first-order chi connectivity index (χ1) is 12.7. The van der Waals surface area contributed by atoms with Gasteiger partial charge in [-0.3, -0.25) is 0 Å². The smallest absolute Gasteiger partial charge is 0.281 e. The number of benzene rings is 1. The van der Waals surface area contributed by atoms with Gasteiger partial charge in [0, 0.05) is 6.20 Å². The maximum Gasteiger partial charge on any atom is 0.281 e. The summed E-state index contributed by atoms with van der Waals surface area (Å²) in [5.41, 5.74) is 3.20. The van der Waals surface area contributed by atoms with Crippen LogP contribution in [0.2, 0.25) is 0 Å². The molecule has 2 aromatic heterocycles. The van der Waals surface area contributed by atoms with Gasteiger partial charge in [0.1, 0.15) is 5.75 Å². The van der Waals surface area contributed by atoms with E-state index in [1.165, 1.54) is 42.6 Å². The standard InChI is InChI=1S/C21H27N3OS/c1-3-4-5-6-12-22-13-11-17-7-9-18(10-8-17)25-21-24-20-19(26-21)14-16(2)15-23-20/h7-10,14-15,22H,3-6,11-13H2,1-2H3. The molecule has 0 spiro atoms. The average Bonchev–Trinajstić information content (AvgIpc) is 3.03. The second kappa shape index (κ2) is 9.64. The fourth-order valence-corrected chi connectivity index (χ4v) is 3.69. The van der Waals surface area contributed by atoms with Crippen LogP contribution in [-0.2, 0) is 6.42 Å². The van der Waals surface area contributed by atoms with Gasteiger partial charge in [0.15, 0.2) is 5.65 Å². The first-order valence-electron chi connectivity index (χ1n) is 9.45. The SMILES string of the molecule is CCCCCCNCCc1ccc(Oc2nc3ncc(C)cc3s2)cc1. The highest BCUT2D eigenvalue weighted by Crippen LogP contribution is 2.30. The van der Waals surface area contributed by atoms with Gasteiger partial charge in [-0.15, -0.1) is 0 Å². The minimum Gasteiger partial charge on any atom is -0.431 e. The molecular weight excluding hydrogens is 342 g/mol. The summed E-state index contributed by atoms with van der Waals surface area (Å²) in [6, 6.07) is 10.4. The molecule has 1 aromatic carbocycles. The average molecular weight is 370 g/mol. The van der Waals surface area contributed by atoms with Crippen molar-refractivity contribution in [2.24, 2.45) is 0 Å². The molecule has 4 nitrogen and oxygen atoms in total. The molecule has 3 rings (SSSR count). The van der Waals surface area contributed by atoms with Crippen molar-refractivity contribution in [1.29, 1.82) is 0 Å². The molecular formula is C21H27N3OS. The first kappa shape index (κ1) is 18.8. The molecule has 26 heavy (non-hydrogen) atoms. The molecule has 0 atom stereocenters. The summed E-state index contributed by atoms with van der Waals surface area (Å²) in [5, 5.41) is 4.16. The summed E-state index contributed by atoms with van der Waals surface area (Å²) in [7, 11) is 0. The van der Waals surface area contributed by atoms with Crippen LogP contribution in [0.1, 0.15) is 43.7 Å². The number of aryl methyl sites for hydroxylation is 1. The molecule has 0 amide bonds. The quantitative estimate of drug-likeness (QED) is 0.479. The Hall–Kier alpha value is -1.98. The predicted molar refractivity (Wildman–Crippen MR) is 109 cm³/mol. The summed E-state index contributed by atoms with van der Waals surface area (Å²) < 4.78 is 6.95. The van der Waals surface area contributed by atoms with Crippen molar-refractivity contribution in [1.82, 2.24) is 15.3 Å². The van der Waals surface area contributed by atoms with E-state index in [-0.39, 0.29) is 0 Å². The van der Waals surface area contributed by atoms with Gasteiger partial charge < -0.3 is 10.1 Å². The number of hydrogen-bond acceptors (Lipinski definition) is 5. The number of pyridine rings is 1. The number of hydrogen-bond donors (Lipinski definition) is 1. The number of unbranched alkanes of at least 4 members (excludes halogenated alkanes) is 3. The van der Waals surface area contributed by atoms with Crippen LogP contribution in [-0.4, -0.2) is 23.1 Å². The zero-order valence-electron chi connectivity index (χ0n) is 15.6. The number of fused-ring (bicyclic) bond motifs is 1. The number of nitrogens with zero attached hydrogens (tertiary/aromatic N) is 2. The van der Waals surface area contributed by atoms with E-state index in [4.69, 9.17) is 4.74 Å². The number of rotatable bonds is 10. The van der Waals surface area contributed by atoms with Gasteiger partial charge in [-0.1, -0.05) is 49.7 Å². The van der Waals surface area contributed by atoms with Gasteiger partial charge in [-0.25, -0.2) is 4.98 Å². The van der Waals surface area contributed by atoms with Crippen molar-refractivity contribution < 1.29 is 4.74 Å². The van der Waals surface area contributed by atoms with E-state index >= 15 is 0 Å². The Labute approximate surface area is 159 Å². The Morgan fingerprint density at radius 3 is 2.73 bits per heavy atom. The molecule has 0 saturated heterocycles. The normalized spacial score (nSPS) is 11.2. The second-order valence-electron chi connectivity index (χ2n) is 6.62. The van der Waals surface area contributed by atoms with E-state index in [1.807, 2.05) is 25.3 Å². The van der Waals surface area contributed by atoms with Crippen molar-refractivity contribution in [3.63, 3.8) is 0 Å². The third-order valence-electron chi connectivity index (χ3n) is 4.29. The first-order valence-corrected chi connectivity index (χ1v) is 10.3. The van der Waals surface area contributed by atoms with Gasteiger partial charge in [0.25, 0.3) is 5.19 Å². The number of ether oxygens (including phenoxy) is 1. The lowest BCUT2D eigenvalue weighted by Crippen LogP contribution is -2.18. The summed E-state index contributed by atoms with van der Waals surface area (Å²) in [4.78, 5) is 8.77. The van der Waals surface area contributed by atoms with Crippen LogP contribution in [0.5, 0.6) is 10.9 Å². The lowest BCUT2D eigenvalue weighted by molar-refractivity contribution is 0.479. The minimum atomic E-state index is 0.639. The number of nitrogens with one attached hydrogen (secondary N) is 1. The van der Waals surface area contributed by atoms with Crippen molar-refractivity contribution in [3.8, 4) is 10.9 Å². The van der Waals surface area contributed by atoms with Crippen LogP contribution in [0.25, 0.3) is 10.3 Å². The van der Waals surface area contributed by atoms with Crippen LogP contribution in [0.15, 0.2) is 36.5 Å². The largest absolute Gasteiger partial charge is 0.431 e. The van der Waals surface area contributed by atoms with Gasteiger partial charge >= 0.3 is 0 Å². The Balaban J connectivity index is 1.46. The third kappa shape index (κ3) is 5.51. The van der Waals surface area contributed by atoms with Gasteiger partial charge in [0.2, 0.25) is 0 Å². The van der Waals surface area contributed by atoms with E-state index in [0.29, 0.717) is 5.19 Å². The molecule has 0 aliphatic carbocycles. The van der Waals surface area contributed by atoms with Crippen LogP contribution >= 0.6 is 11.3 Å². The second-order valence-corrected chi connectivity index (χ2v) is 7.61. The summed E-state index contributed by atoms with van der Waals surface area (Å²) in [5.74, 6) is 0.817. The van der Waals surface area contributed by atoms with Gasteiger partial charge in [-0.05, 0) is 62.2 Å². The van der Waals surface area contributed by atoms with Crippen molar-refractivity contribution >= 4 is 21.7 Å². The molecule has 0 aliphatic rings. The molecule has 3 aromatic rings. The Morgan fingerprint density at radius 2 is 1.92 bits per heavy atom. The summed E-state index contributed by atoms with van der Waals surface area (Å²) in [6.45, 7) is 6.42. The molecule has 0 fully saturated rings. The zero-order valence-corrected chi connectivity index (χ0v) is 16.4. The summed E-state index contributed by atoms with van der Waals surface area (Å²) in [6.07, 6.45) is 8.11. The topological polar surface area (TPSA) is 47.0 Å². The van der Waals surface area contributed by atoms with Crippen LogP contribution < -0.4 is 10.1 Å². The Morgan fingerprint density at radius 1 is 1.08 bits per heavy atom. The molecule has 0 bridgehead atoms. The van der Waals surface area contributed by atoms with E-state index in [9.17, 15) is 0 Å². The van der Waals surface area contributed by atoms with Crippen LogP contribution in [0.3, 0.4) is 0 Å². The molecule has 1 N–H and O–H groups in total. The maximum atomic E-state index is 5.89.